The van der Waals surface area contributed by atoms with E-state index < -0.39 is 11.7 Å². The Labute approximate surface area is 117 Å². The van der Waals surface area contributed by atoms with Crippen molar-refractivity contribution in [2.45, 2.75) is 12.8 Å². The average molecular weight is 304 g/mol. The molecule has 0 bridgehead atoms. The number of anilines is 2. The van der Waals surface area contributed by atoms with E-state index in [9.17, 15) is 13.2 Å². The van der Waals surface area contributed by atoms with Crippen molar-refractivity contribution < 1.29 is 18.3 Å². The van der Waals surface area contributed by atoms with Crippen LogP contribution in [0.3, 0.4) is 0 Å². The van der Waals surface area contributed by atoms with Gasteiger partial charge in [-0.2, -0.15) is 13.2 Å². The highest BCUT2D eigenvalue weighted by molar-refractivity contribution is 6.33. The molecule has 8 heteroatoms. The molecule has 0 aliphatic rings. The van der Waals surface area contributed by atoms with Crippen LogP contribution in [0.4, 0.5) is 24.8 Å². The molecule has 1 aromatic heterocycles. The third-order valence-electron chi connectivity index (χ3n) is 2.42. The Bertz CT molecular complexity index is 619. The van der Waals surface area contributed by atoms with E-state index in [0.29, 0.717) is 5.69 Å². The van der Waals surface area contributed by atoms with Crippen molar-refractivity contribution in [3.63, 3.8) is 0 Å². The highest BCUT2D eigenvalue weighted by Crippen LogP contribution is 2.34. The van der Waals surface area contributed by atoms with Crippen molar-refractivity contribution in [2.75, 3.05) is 5.32 Å². The van der Waals surface area contributed by atoms with Gasteiger partial charge >= 0.3 is 6.18 Å². The molecule has 0 aliphatic carbocycles. The molecular weight excluding hydrogens is 295 g/mol. The summed E-state index contributed by atoms with van der Waals surface area (Å²) < 4.78 is 37.9. The standard InChI is InChI=1S/C12H9ClF3N3O/c13-9-2-1-7(12(14,15)16)5-10(9)19-11-17-4-3-8(6-20)18-11/h1-5,20H,6H2,(H,17,18,19). The van der Waals surface area contributed by atoms with Gasteiger partial charge in [0, 0.05) is 6.20 Å². The highest BCUT2D eigenvalue weighted by atomic mass is 35.5. The Kier molecular flexibility index (Phi) is 4.10. The molecule has 0 atom stereocenters. The van der Waals surface area contributed by atoms with Crippen LogP contribution in [0.25, 0.3) is 0 Å². The SMILES string of the molecule is OCc1ccnc(Nc2cc(C(F)(F)F)ccc2Cl)n1. The third kappa shape index (κ3) is 3.37. The van der Waals surface area contributed by atoms with Crippen LogP contribution < -0.4 is 5.32 Å². The molecule has 2 rings (SSSR count). The summed E-state index contributed by atoms with van der Waals surface area (Å²) in [5.74, 6) is 0.0535. The molecule has 0 spiro atoms. The van der Waals surface area contributed by atoms with E-state index in [4.69, 9.17) is 16.7 Å². The maximum atomic E-state index is 12.6. The Morgan fingerprint density at radius 3 is 2.65 bits per heavy atom. The number of hydrogen-bond acceptors (Lipinski definition) is 4. The van der Waals surface area contributed by atoms with Gasteiger partial charge in [-0.15, -0.1) is 0 Å². The molecule has 1 aromatic carbocycles. The zero-order valence-electron chi connectivity index (χ0n) is 9.95. The molecule has 0 amide bonds. The van der Waals surface area contributed by atoms with Crippen LogP contribution in [-0.4, -0.2) is 15.1 Å². The van der Waals surface area contributed by atoms with Gasteiger partial charge in [-0.05, 0) is 24.3 Å². The normalized spacial score (nSPS) is 11.4. The molecule has 0 aliphatic heterocycles. The fraction of sp³-hybridized carbons (Fsp3) is 0.167. The summed E-state index contributed by atoms with van der Waals surface area (Å²) in [7, 11) is 0. The van der Waals surface area contributed by atoms with E-state index in [1.54, 1.807) is 0 Å². The minimum absolute atomic E-state index is 0.0385. The maximum Gasteiger partial charge on any atom is 0.416 e. The lowest BCUT2D eigenvalue weighted by Crippen LogP contribution is -2.06. The van der Waals surface area contributed by atoms with E-state index >= 15 is 0 Å². The Morgan fingerprint density at radius 1 is 1.25 bits per heavy atom. The van der Waals surface area contributed by atoms with E-state index in [-0.39, 0.29) is 23.3 Å². The fourth-order valence-electron chi connectivity index (χ4n) is 1.46. The van der Waals surface area contributed by atoms with Crippen LogP contribution in [0.1, 0.15) is 11.3 Å². The van der Waals surface area contributed by atoms with Gasteiger partial charge in [0.15, 0.2) is 0 Å². The lowest BCUT2D eigenvalue weighted by Gasteiger charge is -2.11. The quantitative estimate of drug-likeness (QED) is 0.912. The third-order valence-corrected chi connectivity index (χ3v) is 2.74. The molecule has 0 unspecified atom stereocenters. The van der Waals surface area contributed by atoms with E-state index in [1.807, 2.05) is 0 Å². The van der Waals surface area contributed by atoms with Gasteiger partial charge in [0.05, 0.1) is 28.6 Å². The summed E-state index contributed by atoms with van der Waals surface area (Å²) in [6.07, 6.45) is -3.09. The van der Waals surface area contributed by atoms with Crippen LogP contribution in [0.5, 0.6) is 0 Å². The molecule has 0 saturated heterocycles. The first-order valence-electron chi connectivity index (χ1n) is 5.46. The van der Waals surface area contributed by atoms with Crippen molar-refractivity contribution >= 4 is 23.2 Å². The molecule has 0 radical (unpaired) electrons. The molecule has 0 fully saturated rings. The lowest BCUT2D eigenvalue weighted by molar-refractivity contribution is -0.137. The number of benzene rings is 1. The maximum absolute atomic E-state index is 12.6. The number of nitrogens with one attached hydrogen (secondary N) is 1. The first-order valence-corrected chi connectivity index (χ1v) is 5.84. The first kappa shape index (κ1) is 14.5. The number of alkyl halides is 3. The molecule has 2 N–H and O–H groups in total. The number of rotatable bonds is 3. The summed E-state index contributed by atoms with van der Waals surface area (Å²) in [6, 6.07) is 4.39. The zero-order chi connectivity index (χ0) is 14.8. The largest absolute Gasteiger partial charge is 0.416 e. The van der Waals surface area contributed by atoms with Crippen molar-refractivity contribution in [3.05, 3.63) is 46.7 Å². The van der Waals surface area contributed by atoms with Crippen molar-refractivity contribution in [3.8, 4) is 0 Å². The van der Waals surface area contributed by atoms with Crippen molar-refractivity contribution in [1.82, 2.24) is 9.97 Å². The minimum atomic E-state index is -4.46. The highest BCUT2D eigenvalue weighted by Gasteiger charge is 2.31. The topological polar surface area (TPSA) is 58.0 Å². The zero-order valence-corrected chi connectivity index (χ0v) is 10.7. The van der Waals surface area contributed by atoms with Crippen LogP contribution in [0, 0.1) is 0 Å². The summed E-state index contributed by atoms with van der Waals surface area (Å²) >= 11 is 5.84. The molecule has 2 aromatic rings. The number of aliphatic hydroxyl groups excluding tert-OH is 1. The predicted molar refractivity (Wildman–Crippen MR) is 67.7 cm³/mol. The van der Waals surface area contributed by atoms with Crippen LogP contribution in [0.15, 0.2) is 30.5 Å². The molecule has 20 heavy (non-hydrogen) atoms. The minimum Gasteiger partial charge on any atom is -0.390 e. The number of aliphatic hydroxyl groups is 1. The second-order valence-corrected chi connectivity index (χ2v) is 4.25. The summed E-state index contributed by atoms with van der Waals surface area (Å²) in [5, 5.41) is 11.6. The van der Waals surface area contributed by atoms with Crippen LogP contribution >= 0.6 is 11.6 Å². The second-order valence-electron chi connectivity index (χ2n) is 3.85. The average Bonchev–Trinajstić information content (AvgIpc) is 2.40. The summed E-state index contributed by atoms with van der Waals surface area (Å²) in [6.45, 7) is -0.298. The second kappa shape index (κ2) is 5.64. The van der Waals surface area contributed by atoms with E-state index in [0.717, 1.165) is 18.2 Å². The summed E-state index contributed by atoms with van der Waals surface area (Å²) in [5.41, 5.74) is -0.454. The van der Waals surface area contributed by atoms with Gasteiger partial charge < -0.3 is 10.4 Å². The number of aromatic nitrogens is 2. The van der Waals surface area contributed by atoms with Gasteiger partial charge in [0.2, 0.25) is 5.95 Å². The fourth-order valence-corrected chi connectivity index (χ4v) is 1.63. The van der Waals surface area contributed by atoms with Crippen molar-refractivity contribution in [2.24, 2.45) is 0 Å². The Hall–Kier alpha value is -1.86. The Morgan fingerprint density at radius 2 is 2.00 bits per heavy atom. The predicted octanol–water partition coefficient (Wildman–Crippen LogP) is 3.38. The lowest BCUT2D eigenvalue weighted by atomic mass is 10.2. The van der Waals surface area contributed by atoms with Gasteiger partial charge in [-0.3, -0.25) is 0 Å². The van der Waals surface area contributed by atoms with E-state index in [1.165, 1.54) is 12.3 Å². The smallest absolute Gasteiger partial charge is 0.390 e. The number of halogens is 4. The molecule has 1 heterocycles. The molecule has 106 valence electrons. The molecular formula is C12H9ClF3N3O. The van der Waals surface area contributed by atoms with Crippen LogP contribution in [-0.2, 0) is 12.8 Å². The monoisotopic (exact) mass is 303 g/mol. The van der Waals surface area contributed by atoms with E-state index in [2.05, 4.69) is 15.3 Å². The van der Waals surface area contributed by atoms with Gasteiger partial charge in [-0.1, -0.05) is 11.6 Å². The number of nitrogens with zero attached hydrogens (tertiary/aromatic N) is 2. The molecule has 0 saturated carbocycles. The van der Waals surface area contributed by atoms with Gasteiger partial charge in [-0.25, -0.2) is 9.97 Å². The van der Waals surface area contributed by atoms with Gasteiger partial charge in [0.25, 0.3) is 0 Å². The van der Waals surface area contributed by atoms with Crippen LogP contribution in [0.2, 0.25) is 5.02 Å². The van der Waals surface area contributed by atoms with Gasteiger partial charge in [0.1, 0.15) is 0 Å². The first-order chi connectivity index (χ1) is 9.40. The molecule has 4 nitrogen and oxygen atoms in total. The summed E-state index contributed by atoms with van der Waals surface area (Å²) in [4.78, 5) is 7.75. The number of hydrogen-bond donors (Lipinski definition) is 2. The van der Waals surface area contributed by atoms with Crippen molar-refractivity contribution in [1.29, 1.82) is 0 Å². The Balaban J connectivity index is 2.32.